The molecule has 3 aliphatic rings. The number of nitrogens with zero attached hydrogens (tertiary/aromatic N) is 2. The highest BCUT2D eigenvalue weighted by molar-refractivity contribution is 6.27. The minimum Gasteiger partial charge on any atom is -0.456 e. The summed E-state index contributed by atoms with van der Waals surface area (Å²) in [6.07, 6.45) is 8.37. The summed E-state index contributed by atoms with van der Waals surface area (Å²) in [5.41, 5.74) is 14.8. The Morgan fingerprint density at radius 2 is 1.33 bits per heavy atom. The molecule has 0 saturated heterocycles. The second-order valence-corrected chi connectivity index (χ2v) is 15.2. The summed E-state index contributed by atoms with van der Waals surface area (Å²) >= 11 is 0. The van der Waals surface area contributed by atoms with Crippen LogP contribution in [0.5, 0.6) is 0 Å². The van der Waals surface area contributed by atoms with E-state index in [0.29, 0.717) is 5.84 Å². The standard InChI is InChI=1S/C53H35N3O/c1-2-11-32(12-3-1)36-15-8-17-38(29-36)52-54-51(35-25-23-34(24-26-35)41-20-9-14-33-13-4-5-18-40(33)41)55-53(56-52)39-30-37-16-10-21-42-43-27-28-47-50(49(43)45(31-39)48(37)42)44-19-6-7-22-46(44)57-47/h1-2,4-11,13-31,51H,3,12H2,(H,54,55,56). The SMILES string of the molecule is C1=CCCC(c2cccc(C3=NC(c4cc5c6c(cccc6c4)-c4ccc6oc7ccccc7c6c4-5)=NC(c4ccc(-c5cccc6ccccc56)cc4)N3)c2)=C1. The van der Waals surface area contributed by atoms with Crippen molar-refractivity contribution in [1.82, 2.24) is 5.32 Å². The van der Waals surface area contributed by atoms with E-state index in [1.165, 1.54) is 66.1 Å². The molecule has 0 saturated carbocycles. The summed E-state index contributed by atoms with van der Waals surface area (Å²) in [5, 5.41) is 11.0. The van der Waals surface area contributed by atoms with Gasteiger partial charge in [0.05, 0.1) is 0 Å². The average molecular weight is 730 g/mol. The molecular formula is C53H35N3O. The van der Waals surface area contributed by atoms with Crippen LogP contribution in [0, 0.1) is 0 Å². The molecule has 0 bridgehead atoms. The third kappa shape index (κ3) is 5.14. The first-order chi connectivity index (χ1) is 28.2. The van der Waals surface area contributed by atoms with Crippen molar-refractivity contribution in [2.75, 3.05) is 0 Å². The first-order valence-corrected chi connectivity index (χ1v) is 19.7. The Hall–Kier alpha value is -7.30. The predicted molar refractivity (Wildman–Crippen MR) is 237 cm³/mol. The summed E-state index contributed by atoms with van der Waals surface area (Å²) in [5.74, 6) is 1.52. The fraction of sp³-hybridized carbons (Fsp3) is 0.0566. The maximum atomic E-state index is 6.39. The lowest BCUT2D eigenvalue weighted by Crippen LogP contribution is -2.33. The molecule has 0 radical (unpaired) electrons. The number of hydrogen-bond donors (Lipinski definition) is 1. The fourth-order valence-corrected chi connectivity index (χ4v) is 9.23. The van der Waals surface area contributed by atoms with Gasteiger partial charge < -0.3 is 9.73 Å². The maximum Gasteiger partial charge on any atom is 0.159 e. The zero-order valence-corrected chi connectivity index (χ0v) is 31.0. The van der Waals surface area contributed by atoms with E-state index in [0.717, 1.165) is 57.3 Å². The van der Waals surface area contributed by atoms with Gasteiger partial charge in [-0.2, -0.15) is 0 Å². The van der Waals surface area contributed by atoms with Crippen molar-refractivity contribution in [3.8, 4) is 33.4 Å². The Labute approximate surface area is 329 Å². The fourth-order valence-electron chi connectivity index (χ4n) is 9.23. The Morgan fingerprint density at radius 1 is 0.544 bits per heavy atom. The lowest BCUT2D eigenvalue weighted by molar-refractivity contribution is 0.669. The summed E-state index contributed by atoms with van der Waals surface area (Å²) in [6, 6.07) is 56.6. The van der Waals surface area contributed by atoms with E-state index in [1.54, 1.807) is 0 Å². The van der Waals surface area contributed by atoms with Crippen LogP contribution in [0.2, 0.25) is 0 Å². The number of benzene rings is 8. The second kappa shape index (κ2) is 12.6. The Kier molecular flexibility index (Phi) is 7.08. The molecule has 1 aromatic heterocycles. The van der Waals surface area contributed by atoms with E-state index >= 15 is 0 Å². The van der Waals surface area contributed by atoms with Crippen LogP contribution < -0.4 is 5.32 Å². The zero-order valence-electron chi connectivity index (χ0n) is 31.0. The number of aliphatic imine (C=N–C) groups is 2. The van der Waals surface area contributed by atoms with E-state index in [-0.39, 0.29) is 6.17 Å². The van der Waals surface area contributed by atoms with Crippen molar-refractivity contribution in [3.63, 3.8) is 0 Å². The predicted octanol–water partition coefficient (Wildman–Crippen LogP) is 13.4. The molecule has 2 heterocycles. The molecule has 1 N–H and O–H groups in total. The lowest BCUT2D eigenvalue weighted by Gasteiger charge is -2.24. The van der Waals surface area contributed by atoms with Crippen molar-refractivity contribution in [3.05, 3.63) is 198 Å². The van der Waals surface area contributed by atoms with Crippen molar-refractivity contribution in [2.24, 2.45) is 9.98 Å². The third-order valence-corrected chi connectivity index (χ3v) is 11.9. The third-order valence-electron chi connectivity index (χ3n) is 11.9. The maximum absolute atomic E-state index is 6.39. The molecule has 0 amide bonds. The number of rotatable bonds is 5. The number of fused-ring (bicyclic) bond motifs is 8. The molecule has 1 unspecified atom stereocenters. The summed E-state index contributed by atoms with van der Waals surface area (Å²) in [7, 11) is 0. The van der Waals surface area contributed by atoms with Crippen LogP contribution in [0.4, 0.5) is 0 Å². The highest BCUT2D eigenvalue weighted by Gasteiger charge is 2.28. The van der Waals surface area contributed by atoms with Gasteiger partial charge in [-0.3, -0.25) is 0 Å². The Morgan fingerprint density at radius 3 is 2.23 bits per heavy atom. The summed E-state index contributed by atoms with van der Waals surface area (Å²) in [4.78, 5) is 10.7. The van der Waals surface area contributed by atoms with Gasteiger partial charge in [0.1, 0.15) is 23.2 Å². The highest BCUT2D eigenvalue weighted by atomic mass is 16.3. The molecule has 0 spiro atoms. The number of amidine groups is 2. The van der Waals surface area contributed by atoms with Crippen LogP contribution in [-0.2, 0) is 0 Å². The number of hydrogen-bond acceptors (Lipinski definition) is 4. The normalized spacial score (nSPS) is 15.8. The van der Waals surface area contributed by atoms with Crippen LogP contribution in [0.3, 0.4) is 0 Å². The molecule has 0 fully saturated rings. The van der Waals surface area contributed by atoms with Crippen LogP contribution in [-0.4, -0.2) is 11.7 Å². The van der Waals surface area contributed by atoms with Gasteiger partial charge in [-0.1, -0.05) is 140 Å². The molecule has 1 atom stereocenters. The number of allylic oxidation sites excluding steroid dienone is 4. The lowest BCUT2D eigenvalue weighted by atomic mass is 9.95. The van der Waals surface area contributed by atoms with Crippen LogP contribution in [0.15, 0.2) is 190 Å². The zero-order chi connectivity index (χ0) is 37.5. The van der Waals surface area contributed by atoms with Gasteiger partial charge in [-0.25, -0.2) is 9.98 Å². The highest BCUT2D eigenvalue weighted by Crippen LogP contribution is 2.52. The monoisotopic (exact) mass is 729 g/mol. The van der Waals surface area contributed by atoms with E-state index in [1.807, 2.05) is 6.07 Å². The van der Waals surface area contributed by atoms with Gasteiger partial charge in [0.25, 0.3) is 0 Å². The average Bonchev–Trinajstić information content (AvgIpc) is 3.83. The van der Waals surface area contributed by atoms with E-state index < -0.39 is 0 Å². The minimum atomic E-state index is -0.345. The van der Waals surface area contributed by atoms with Gasteiger partial charge in [0.15, 0.2) is 5.84 Å². The minimum absolute atomic E-state index is 0.345. The van der Waals surface area contributed by atoms with E-state index in [2.05, 4.69) is 175 Å². The molecular weight excluding hydrogens is 695 g/mol. The van der Waals surface area contributed by atoms with Crippen molar-refractivity contribution >= 4 is 60.7 Å². The summed E-state index contributed by atoms with van der Waals surface area (Å²) in [6.45, 7) is 0. The van der Waals surface area contributed by atoms with Crippen LogP contribution in [0.1, 0.15) is 41.3 Å². The largest absolute Gasteiger partial charge is 0.456 e. The van der Waals surface area contributed by atoms with Gasteiger partial charge in [-0.05, 0) is 115 Å². The quantitative estimate of drug-likeness (QED) is 0.192. The molecule has 2 aliphatic carbocycles. The molecule has 9 aromatic rings. The first kappa shape index (κ1) is 32.0. The van der Waals surface area contributed by atoms with Crippen molar-refractivity contribution in [2.45, 2.75) is 19.0 Å². The molecule has 57 heavy (non-hydrogen) atoms. The van der Waals surface area contributed by atoms with Crippen LogP contribution in [0.25, 0.3) is 82.4 Å². The summed E-state index contributed by atoms with van der Waals surface area (Å²) < 4.78 is 6.39. The Bertz CT molecular complexity index is 3260. The Balaban J connectivity index is 1.02. The van der Waals surface area contributed by atoms with Crippen molar-refractivity contribution in [1.29, 1.82) is 0 Å². The smallest absolute Gasteiger partial charge is 0.159 e. The number of furan rings is 1. The van der Waals surface area contributed by atoms with Crippen molar-refractivity contribution < 1.29 is 4.42 Å². The topological polar surface area (TPSA) is 49.9 Å². The van der Waals surface area contributed by atoms with Gasteiger partial charge >= 0.3 is 0 Å². The van der Waals surface area contributed by atoms with Crippen LogP contribution >= 0.6 is 0 Å². The molecule has 4 heteroatoms. The molecule has 4 nitrogen and oxygen atoms in total. The van der Waals surface area contributed by atoms with E-state index in [9.17, 15) is 0 Å². The van der Waals surface area contributed by atoms with Gasteiger partial charge in [-0.15, -0.1) is 0 Å². The molecule has 1 aliphatic heterocycles. The number of para-hydroxylation sites is 1. The first-order valence-electron chi connectivity index (χ1n) is 19.7. The second-order valence-electron chi connectivity index (χ2n) is 15.2. The van der Waals surface area contributed by atoms with Gasteiger partial charge in [0, 0.05) is 27.5 Å². The number of nitrogens with one attached hydrogen (secondary N) is 1. The van der Waals surface area contributed by atoms with E-state index in [4.69, 9.17) is 14.4 Å². The molecule has 268 valence electrons. The van der Waals surface area contributed by atoms with Gasteiger partial charge in [0.2, 0.25) is 0 Å². The molecule has 12 rings (SSSR count). The molecule has 8 aromatic carbocycles.